The summed E-state index contributed by atoms with van der Waals surface area (Å²) in [6, 6.07) is 6.88. The van der Waals surface area contributed by atoms with Gasteiger partial charge in [-0.15, -0.1) is 0 Å². The smallest absolute Gasteiger partial charge is 0.244 e. The molecule has 2 rings (SSSR count). The van der Waals surface area contributed by atoms with Gasteiger partial charge >= 0.3 is 0 Å². The second-order valence-corrected chi connectivity index (χ2v) is 7.15. The van der Waals surface area contributed by atoms with Gasteiger partial charge in [-0.3, -0.25) is 0 Å². The first-order valence-corrected chi connectivity index (χ1v) is 8.54. The fourth-order valence-corrected chi connectivity index (χ4v) is 3.50. The number of methoxy groups -OCH3 is 1. The van der Waals surface area contributed by atoms with Crippen molar-refractivity contribution in [2.45, 2.75) is 38.1 Å². The molecule has 2 aromatic rings. The topological polar surface area (TPSA) is 68.5 Å². The van der Waals surface area contributed by atoms with Gasteiger partial charge in [-0.1, -0.05) is 13.8 Å². The van der Waals surface area contributed by atoms with E-state index >= 15 is 0 Å². The van der Waals surface area contributed by atoms with Crippen molar-refractivity contribution in [2.24, 2.45) is 0 Å². The summed E-state index contributed by atoms with van der Waals surface area (Å²) >= 11 is 0. The number of furan rings is 1. The minimum absolute atomic E-state index is 0.101. The molecule has 0 fully saturated rings. The van der Waals surface area contributed by atoms with Crippen LogP contribution in [0.4, 0.5) is 0 Å². The zero-order chi connectivity index (χ0) is 16.3. The molecule has 1 aromatic carbocycles. The van der Waals surface area contributed by atoms with Gasteiger partial charge in [0.15, 0.2) is 0 Å². The highest BCUT2D eigenvalue weighted by Crippen LogP contribution is 2.31. The van der Waals surface area contributed by atoms with Gasteiger partial charge in [-0.25, -0.2) is 13.1 Å². The van der Waals surface area contributed by atoms with Gasteiger partial charge in [0.25, 0.3) is 0 Å². The molecule has 0 aliphatic carbocycles. The maximum atomic E-state index is 12.6. The third-order valence-electron chi connectivity index (χ3n) is 3.48. The molecule has 0 amide bonds. The summed E-state index contributed by atoms with van der Waals surface area (Å²) in [6.45, 7) is 6.11. The molecule has 0 unspecified atom stereocenters. The number of nitrogens with one attached hydrogen (secondary N) is 1. The molecule has 0 bridgehead atoms. The standard InChI is InChI=1S/C16H21NO4S/c1-11(2)14-9-16(15(20-4)8-12(14)3)22(18,19)17-10-13-6-5-7-21-13/h5-9,11,17H,10H2,1-4H3. The minimum Gasteiger partial charge on any atom is -0.495 e. The molecule has 1 N–H and O–H groups in total. The summed E-state index contributed by atoms with van der Waals surface area (Å²) in [5.74, 6) is 1.12. The van der Waals surface area contributed by atoms with E-state index in [0.29, 0.717) is 11.5 Å². The molecule has 0 saturated carbocycles. The lowest BCUT2D eigenvalue weighted by Gasteiger charge is -2.16. The fourth-order valence-electron chi connectivity index (χ4n) is 2.33. The van der Waals surface area contributed by atoms with Crippen molar-refractivity contribution >= 4 is 10.0 Å². The number of aryl methyl sites for hydroxylation is 1. The highest BCUT2D eigenvalue weighted by molar-refractivity contribution is 7.89. The Bertz CT molecular complexity index is 734. The molecule has 0 spiro atoms. The van der Waals surface area contributed by atoms with E-state index in [1.54, 1.807) is 24.3 Å². The van der Waals surface area contributed by atoms with Crippen LogP contribution in [-0.2, 0) is 16.6 Å². The predicted molar refractivity (Wildman–Crippen MR) is 84.6 cm³/mol. The van der Waals surface area contributed by atoms with Crippen molar-refractivity contribution in [3.05, 3.63) is 47.4 Å². The molecule has 6 heteroatoms. The average Bonchev–Trinajstić information content (AvgIpc) is 2.97. The van der Waals surface area contributed by atoms with Crippen molar-refractivity contribution in [3.63, 3.8) is 0 Å². The lowest BCUT2D eigenvalue weighted by atomic mass is 9.98. The largest absolute Gasteiger partial charge is 0.495 e. The lowest BCUT2D eigenvalue weighted by Crippen LogP contribution is -2.24. The number of benzene rings is 1. The maximum absolute atomic E-state index is 12.6. The molecular weight excluding hydrogens is 302 g/mol. The van der Waals surface area contributed by atoms with Gasteiger partial charge in [0.1, 0.15) is 16.4 Å². The Morgan fingerprint density at radius 2 is 2.05 bits per heavy atom. The van der Waals surface area contributed by atoms with E-state index in [0.717, 1.165) is 11.1 Å². The summed E-state index contributed by atoms with van der Waals surface area (Å²) in [6.07, 6.45) is 1.51. The summed E-state index contributed by atoms with van der Waals surface area (Å²) < 4.78 is 38.0. The Morgan fingerprint density at radius 1 is 1.32 bits per heavy atom. The van der Waals surface area contributed by atoms with Crippen LogP contribution in [0, 0.1) is 6.92 Å². The van der Waals surface area contributed by atoms with Crippen LogP contribution >= 0.6 is 0 Å². The van der Waals surface area contributed by atoms with Gasteiger partial charge in [-0.2, -0.15) is 0 Å². The summed E-state index contributed by atoms with van der Waals surface area (Å²) in [7, 11) is -2.22. The molecule has 22 heavy (non-hydrogen) atoms. The first kappa shape index (κ1) is 16.6. The van der Waals surface area contributed by atoms with Crippen LogP contribution in [0.25, 0.3) is 0 Å². The lowest BCUT2D eigenvalue weighted by molar-refractivity contribution is 0.401. The Kier molecular flexibility index (Phi) is 4.93. The van der Waals surface area contributed by atoms with E-state index in [4.69, 9.17) is 9.15 Å². The summed E-state index contributed by atoms with van der Waals surface area (Å²) in [5, 5.41) is 0. The molecule has 5 nitrogen and oxygen atoms in total. The van der Waals surface area contributed by atoms with Crippen LogP contribution in [0.5, 0.6) is 5.75 Å². The van der Waals surface area contributed by atoms with Gasteiger partial charge < -0.3 is 9.15 Å². The number of sulfonamides is 1. The van der Waals surface area contributed by atoms with E-state index in [1.807, 2.05) is 20.8 Å². The molecule has 1 heterocycles. The third kappa shape index (κ3) is 3.51. The molecule has 0 aliphatic rings. The molecule has 0 saturated heterocycles. The Balaban J connectivity index is 2.38. The van der Waals surface area contributed by atoms with E-state index in [1.165, 1.54) is 13.4 Å². The zero-order valence-electron chi connectivity index (χ0n) is 13.2. The van der Waals surface area contributed by atoms with Crippen LogP contribution in [0.1, 0.15) is 36.7 Å². The monoisotopic (exact) mass is 323 g/mol. The van der Waals surface area contributed by atoms with Gasteiger partial charge in [0, 0.05) is 0 Å². The zero-order valence-corrected chi connectivity index (χ0v) is 14.0. The van der Waals surface area contributed by atoms with E-state index in [2.05, 4.69) is 4.72 Å². The maximum Gasteiger partial charge on any atom is 0.244 e. The molecular formula is C16H21NO4S. The molecule has 0 aliphatic heterocycles. The highest BCUT2D eigenvalue weighted by atomic mass is 32.2. The first-order chi connectivity index (χ1) is 10.3. The Hall–Kier alpha value is -1.79. The number of hydrogen-bond acceptors (Lipinski definition) is 4. The van der Waals surface area contributed by atoms with Gasteiger partial charge in [0.05, 0.1) is 19.9 Å². The SMILES string of the molecule is COc1cc(C)c(C(C)C)cc1S(=O)(=O)NCc1ccco1. The van der Waals surface area contributed by atoms with Gasteiger partial charge in [0.2, 0.25) is 10.0 Å². The van der Waals surface area contributed by atoms with Crippen molar-refractivity contribution in [1.29, 1.82) is 0 Å². The number of ether oxygens (including phenoxy) is 1. The molecule has 0 atom stereocenters. The van der Waals surface area contributed by atoms with E-state index in [9.17, 15) is 8.42 Å². The van der Waals surface area contributed by atoms with E-state index < -0.39 is 10.0 Å². The second-order valence-electron chi connectivity index (χ2n) is 5.42. The number of hydrogen-bond donors (Lipinski definition) is 1. The van der Waals surface area contributed by atoms with Crippen molar-refractivity contribution in [3.8, 4) is 5.75 Å². The van der Waals surface area contributed by atoms with Crippen molar-refractivity contribution in [2.75, 3.05) is 7.11 Å². The van der Waals surface area contributed by atoms with Crippen LogP contribution in [-0.4, -0.2) is 15.5 Å². The van der Waals surface area contributed by atoms with Crippen LogP contribution in [0.2, 0.25) is 0 Å². The van der Waals surface area contributed by atoms with Crippen LogP contribution in [0.15, 0.2) is 39.8 Å². The van der Waals surface area contributed by atoms with Crippen LogP contribution in [0.3, 0.4) is 0 Å². The third-order valence-corrected chi connectivity index (χ3v) is 4.90. The Labute approximate surface area is 131 Å². The van der Waals surface area contributed by atoms with E-state index in [-0.39, 0.29) is 17.4 Å². The normalized spacial score (nSPS) is 11.9. The highest BCUT2D eigenvalue weighted by Gasteiger charge is 2.22. The molecule has 1 aromatic heterocycles. The first-order valence-electron chi connectivity index (χ1n) is 7.05. The number of rotatable bonds is 6. The van der Waals surface area contributed by atoms with Crippen LogP contribution < -0.4 is 9.46 Å². The fraction of sp³-hybridized carbons (Fsp3) is 0.375. The van der Waals surface area contributed by atoms with Crippen molar-refractivity contribution in [1.82, 2.24) is 4.72 Å². The second kappa shape index (κ2) is 6.54. The summed E-state index contributed by atoms with van der Waals surface area (Å²) in [4.78, 5) is 0.149. The van der Waals surface area contributed by atoms with Crippen molar-refractivity contribution < 1.29 is 17.6 Å². The predicted octanol–water partition coefficient (Wildman–Crippen LogP) is 3.20. The quantitative estimate of drug-likeness (QED) is 0.886. The Morgan fingerprint density at radius 3 is 2.59 bits per heavy atom. The molecule has 0 radical (unpaired) electrons. The summed E-state index contributed by atoms with van der Waals surface area (Å²) in [5.41, 5.74) is 2.00. The average molecular weight is 323 g/mol. The van der Waals surface area contributed by atoms with Gasteiger partial charge in [-0.05, 0) is 48.2 Å². The molecule has 120 valence electrons. The minimum atomic E-state index is -3.69.